The van der Waals surface area contributed by atoms with E-state index in [1.165, 1.54) is 5.56 Å². The topological polar surface area (TPSA) is 104 Å². The van der Waals surface area contributed by atoms with Crippen molar-refractivity contribution >= 4 is 27.5 Å². The number of rotatable bonds is 10. The number of aromatic nitrogens is 3. The number of benzene rings is 2. The van der Waals surface area contributed by atoms with Crippen LogP contribution in [0.4, 0.5) is 5.82 Å². The Balaban J connectivity index is 1.41. The van der Waals surface area contributed by atoms with E-state index in [4.69, 9.17) is 19.9 Å². The van der Waals surface area contributed by atoms with E-state index in [1.54, 1.807) is 32.8 Å². The number of pyridine rings is 3. The van der Waals surface area contributed by atoms with Gasteiger partial charge in [-0.05, 0) is 35.6 Å². The third kappa shape index (κ3) is 5.31. The lowest BCUT2D eigenvalue weighted by molar-refractivity contribution is 0.258. The number of anilines is 1. The van der Waals surface area contributed by atoms with Crippen LogP contribution in [0.3, 0.4) is 0 Å². The van der Waals surface area contributed by atoms with Gasteiger partial charge in [0.2, 0.25) is 0 Å². The number of nitrogens with one attached hydrogen (secondary N) is 1. The summed E-state index contributed by atoms with van der Waals surface area (Å²) in [7, 11) is 3.22. The van der Waals surface area contributed by atoms with Crippen molar-refractivity contribution in [2.45, 2.75) is 25.9 Å². The number of hydrogen-bond acceptors (Lipinski definition) is 8. The fourth-order valence-corrected chi connectivity index (χ4v) is 4.42. The van der Waals surface area contributed by atoms with Gasteiger partial charge >= 0.3 is 0 Å². The molecule has 0 fully saturated rings. The van der Waals surface area contributed by atoms with Gasteiger partial charge in [0.05, 0.1) is 31.6 Å². The van der Waals surface area contributed by atoms with Gasteiger partial charge in [0.1, 0.15) is 18.2 Å². The summed E-state index contributed by atoms with van der Waals surface area (Å²) in [6.45, 7) is 3.46. The molecule has 5 aromatic rings. The summed E-state index contributed by atoms with van der Waals surface area (Å²) in [6, 6.07) is 18.3. The minimum Gasteiger partial charge on any atom is -0.493 e. The lowest BCUT2D eigenvalue weighted by atomic mass is 10.0. The van der Waals surface area contributed by atoms with Gasteiger partial charge in [0.15, 0.2) is 11.5 Å². The summed E-state index contributed by atoms with van der Waals surface area (Å²) in [6.07, 6.45) is 6.16. The lowest BCUT2D eigenvalue weighted by Gasteiger charge is -2.18. The molecule has 5 rings (SSSR count). The first kappa shape index (κ1) is 25.2. The Morgan fingerprint density at radius 1 is 0.895 bits per heavy atom. The number of fused-ring (bicyclic) bond motifs is 3. The Labute approximate surface area is 221 Å². The normalized spacial score (nSPS) is 12.0. The highest BCUT2D eigenvalue weighted by molar-refractivity contribution is 6.10. The average molecular weight is 510 g/mol. The average Bonchev–Trinajstić information content (AvgIpc) is 2.97. The summed E-state index contributed by atoms with van der Waals surface area (Å²) in [4.78, 5) is 13.6. The van der Waals surface area contributed by atoms with Gasteiger partial charge in [-0.2, -0.15) is 0 Å². The molecule has 38 heavy (non-hydrogen) atoms. The third-order valence-electron chi connectivity index (χ3n) is 6.60. The molecule has 0 amide bonds. The van der Waals surface area contributed by atoms with Crippen molar-refractivity contribution in [3.05, 3.63) is 78.8 Å². The Morgan fingerprint density at radius 2 is 1.68 bits per heavy atom. The summed E-state index contributed by atoms with van der Waals surface area (Å²) < 4.78 is 17.1. The summed E-state index contributed by atoms with van der Waals surface area (Å²) in [5, 5.41) is 6.14. The van der Waals surface area contributed by atoms with Crippen LogP contribution in [0, 0.1) is 0 Å². The van der Waals surface area contributed by atoms with E-state index in [0.717, 1.165) is 40.2 Å². The van der Waals surface area contributed by atoms with Crippen LogP contribution in [0.25, 0.3) is 32.9 Å². The molecule has 194 valence electrons. The zero-order valence-corrected chi connectivity index (χ0v) is 21.8. The standard InChI is InChI=1S/C30H31N5O3/c1-4-21(33-14-19-8-6-5-7-9-19)18-38-22-10-20(15-32-16-22)26-11-23-24-12-28(36-2)29(37-3)13-27(24)34-17-25(23)30(31)35-26/h5-13,15-17,21,33H,4,14,18H2,1-3H3,(H2,31,35)/t21-/m1/s1. The smallest absolute Gasteiger partial charge is 0.162 e. The quantitative estimate of drug-likeness (QED) is 0.242. The van der Waals surface area contributed by atoms with E-state index in [2.05, 4.69) is 39.3 Å². The number of methoxy groups -OCH3 is 2. The van der Waals surface area contributed by atoms with Crippen LogP contribution >= 0.6 is 0 Å². The Hall–Kier alpha value is -4.43. The van der Waals surface area contributed by atoms with Crippen molar-refractivity contribution in [2.75, 3.05) is 26.6 Å². The molecule has 3 N–H and O–H groups in total. The summed E-state index contributed by atoms with van der Waals surface area (Å²) in [5.74, 6) is 2.31. The minimum absolute atomic E-state index is 0.208. The van der Waals surface area contributed by atoms with Crippen molar-refractivity contribution in [3.63, 3.8) is 0 Å². The van der Waals surface area contributed by atoms with E-state index >= 15 is 0 Å². The summed E-state index contributed by atoms with van der Waals surface area (Å²) in [5.41, 5.74) is 9.91. The lowest BCUT2D eigenvalue weighted by Crippen LogP contribution is -2.33. The molecule has 0 aliphatic rings. The van der Waals surface area contributed by atoms with Crippen molar-refractivity contribution in [3.8, 4) is 28.5 Å². The van der Waals surface area contributed by atoms with Crippen molar-refractivity contribution in [1.82, 2.24) is 20.3 Å². The largest absolute Gasteiger partial charge is 0.493 e. The van der Waals surface area contributed by atoms with E-state index < -0.39 is 0 Å². The molecular formula is C30H31N5O3. The highest BCUT2D eigenvalue weighted by atomic mass is 16.5. The molecule has 0 aliphatic carbocycles. The number of nitrogens with zero attached hydrogens (tertiary/aromatic N) is 3. The molecular weight excluding hydrogens is 478 g/mol. The van der Waals surface area contributed by atoms with Crippen LogP contribution in [-0.2, 0) is 6.54 Å². The Morgan fingerprint density at radius 3 is 2.45 bits per heavy atom. The van der Waals surface area contributed by atoms with E-state index in [0.29, 0.717) is 35.4 Å². The van der Waals surface area contributed by atoms with Crippen LogP contribution in [0.1, 0.15) is 18.9 Å². The fourth-order valence-electron chi connectivity index (χ4n) is 4.42. The maximum absolute atomic E-state index is 6.38. The second kappa shape index (κ2) is 11.3. The second-order valence-corrected chi connectivity index (χ2v) is 9.03. The van der Waals surface area contributed by atoms with Gasteiger partial charge in [-0.3, -0.25) is 9.97 Å². The Bertz CT molecular complexity index is 1560. The van der Waals surface area contributed by atoms with Gasteiger partial charge in [-0.15, -0.1) is 0 Å². The maximum atomic E-state index is 6.38. The molecule has 3 heterocycles. The first-order valence-electron chi connectivity index (χ1n) is 12.6. The van der Waals surface area contributed by atoms with Gasteiger partial charge in [0, 0.05) is 47.4 Å². The molecule has 0 aliphatic heterocycles. The Kier molecular flexibility index (Phi) is 7.51. The number of nitrogen functional groups attached to an aromatic ring is 1. The molecule has 8 nitrogen and oxygen atoms in total. The van der Waals surface area contributed by atoms with E-state index in [9.17, 15) is 0 Å². The van der Waals surface area contributed by atoms with Crippen LogP contribution in [-0.4, -0.2) is 41.8 Å². The molecule has 0 spiro atoms. The van der Waals surface area contributed by atoms with Gasteiger partial charge < -0.3 is 25.3 Å². The zero-order valence-electron chi connectivity index (χ0n) is 21.8. The SMILES string of the molecule is CC[C@H](COc1cncc(-c2cc3c(cnc4cc(OC)c(OC)cc43)c(N)n2)c1)NCc1ccccc1. The molecule has 0 saturated heterocycles. The predicted molar refractivity (Wildman–Crippen MR) is 151 cm³/mol. The van der Waals surface area contributed by atoms with Crippen molar-refractivity contribution < 1.29 is 14.2 Å². The first-order chi connectivity index (χ1) is 18.6. The third-order valence-corrected chi connectivity index (χ3v) is 6.60. The molecule has 0 unspecified atom stereocenters. The molecule has 0 saturated carbocycles. The van der Waals surface area contributed by atoms with Crippen LogP contribution < -0.4 is 25.3 Å². The van der Waals surface area contributed by atoms with E-state index in [1.807, 2.05) is 42.5 Å². The molecule has 0 bridgehead atoms. The predicted octanol–water partition coefficient (Wildman–Crippen LogP) is 5.39. The molecule has 1 atom stereocenters. The van der Waals surface area contributed by atoms with Gasteiger partial charge in [-0.25, -0.2) is 4.98 Å². The number of nitrogens with two attached hydrogens (primary N) is 1. The molecule has 3 aromatic heterocycles. The maximum Gasteiger partial charge on any atom is 0.162 e. The minimum atomic E-state index is 0.208. The fraction of sp³-hybridized carbons (Fsp3) is 0.233. The van der Waals surface area contributed by atoms with Crippen molar-refractivity contribution in [1.29, 1.82) is 0 Å². The number of ether oxygens (including phenoxy) is 3. The molecule has 0 radical (unpaired) electrons. The first-order valence-corrected chi connectivity index (χ1v) is 12.6. The second-order valence-electron chi connectivity index (χ2n) is 9.03. The highest BCUT2D eigenvalue weighted by Gasteiger charge is 2.14. The van der Waals surface area contributed by atoms with Crippen LogP contribution in [0.15, 0.2) is 73.2 Å². The number of hydrogen-bond donors (Lipinski definition) is 2. The van der Waals surface area contributed by atoms with Crippen molar-refractivity contribution in [2.24, 2.45) is 0 Å². The molecule has 8 heteroatoms. The molecule has 2 aromatic carbocycles. The summed E-state index contributed by atoms with van der Waals surface area (Å²) >= 11 is 0. The highest BCUT2D eigenvalue weighted by Crippen LogP contribution is 2.37. The zero-order chi connectivity index (χ0) is 26.5. The van der Waals surface area contributed by atoms with Gasteiger partial charge in [0.25, 0.3) is 0 Å². The van der Waals surface area contributed by atoms with E-state index in [-0.39, 0.29) is 6.04 Å². The van der Waals surface area contributed by atoms with Crippen LogP contribution in [0.5, 0.6) is 17.2 Å². The monoisotopic (exact) mass is 509 g/mol. The van der Waals surface area contributed by atoms with Crippen LogP contribution in [0.2, 0.25) is 0 Å². The van der Waals surface area contributed by atoms with Gasteiger partial charge in [-0.1, -0.05) is 37.3 Å².